The summed E-state index contributed by atoms with van der Waals surface area (Å²) in [4.78, 5) is 24.4. The van der Waals surface area contributed by atoms with Crippen molar-refractivity contribution in [3.05, 3.63) is 87.4 Å². The van der Waals surface area contributed by atoms with Crippen LogP contribution in [0.3, 0.4) is 0 Å². The summed E-state index contributed by atoms with van der Waals surface area (Å²) in [5, 5.41) is 7.30. The van der Waals surface area contributed by atoms with Gasteiger partial charge in [-0.05, 0) is 76.9 Å². The van der Waals surface area contributed by atoms with E-state index in [0.29, 0.717) is 44.4 Å². The Balaban J connectivity index is 1.65. The Hall–Kier alpha value is -3.36. The van der Waals surface area contributed by atoms with Crippen LogP contribution in [0, 0.1) is 0 Å². The fourth-order valence-corrected chi connectivity index (χ4v) is 3.45. The standard InChI is InChI=1S/C24H21BrClN3O4/c1-2-32-21-13-16(14-27-29-24(31)17-8-10-18(26)11-9-17)12-20(25)23(21)33-15-22(30)28-19-6-4-3-5-7-19/h3-14H,2,15H2,1H3,(H,28,30)(H,29,31)/b27-14-. The molecular weight excluding hydrogens is 510 g/mol. The quantitative estimate of drug-likeness (QED) is 0.291. The average molecular weight is 531 g/mol. The summed E-state index contributed by atoms with van der Waals surface area (Å²) in [6.45, 7) is 2.04. The van der Waals surface area contributed by atoms with Gasteiger partial charge in [-0.1, -0.05) is 29.8 Å². The molecule has 0 aliphatic heterocycles. The second-order valence-corrected chi connectivity index (χ2v) is 7.96. The van der Waals surface area contributed by atoms with Gasteiger partial charge in [0.25, 0.3) is 11.8 Å². The molecule has 3 aromatic rings. The van der Waals surface area contributed by atoms with Gasteiger partial charge in [0.2, 0.25) is 0 Å². The van der Waals surface area contributed by atoms with Gasteiger partial charge in [-0.2, -0.15) is 5.10 Å². The summed E-state index contributed by atoms with van der Waals surface area (Å²) in [5.41, 5.74) is 4.24. The van der Waals surface area contributed by atoms with Crippen molar-refractivity contribution in [2.24, 2.45) is 5.10 Å². The van der Waals surface area contributed by atoms with E-state index in [1.165, 1.54) is 6.21 Å². The number of amides is 2. The Morgan fingerprint density at radius 3 is 2.48 bits per heavy atom. The Labute approximate surface area is 204 Å². The maximum absolute atomic E-state index is 12.2. The molecular formula is C24H21BrClN3O4. The summed E-state index contributed by atoms with van der Waals surface area (Å²) in [7, 11) is 0. The summed E-state index contributed by atoms with van der Waals surface area (Å²) >= 11 is 9.29. The number of nitrogens with one attached hydrogen (secondary N) is 2. The molecule has 0 bridgehead atoms. The van der Waals surface area contributed by atoms with Gasteiger partial charge in [0.05, 0.1) is 17.3 Å². The van der Waals surface area contributed by atoms with Crippen LogP contribution in [0.15, 0.2) is 76.3 Å². The second kappa shape index (κ2) is 12.0. The number of halogens is 2. The lowest BCUT2D eigenvalue weighted by Crippen LogP contribution is -2.20. The van der Waals surface area contributed by atoms with Crippen LogP contribution in [-0.4, -0.2) is 31.2 Å². The van der Waals surface area contributed by atoms with Crippen LogP contribution >= 0.6 is 27.5 Å². The van der Waals surface area contributed by atoms with E-state index >= 15 is 0 Å². The highest BCUT2D eigenvalue weighted by Crippen LogP contribution is 2.36. The van der Waals surface area contributed by atoms with Gasteiger partial charge < -0.3 is 14.8 Å². The van der Waals surface area contributed by atoms with Crippen LogP contribution in [0.4, 0.5) is 5.69 Å². The number of hydrogen-bond acceptors (Lipinski definition) is 5. The van der Waals surface area contributed by atoms with Gasteiger partial charge in [-0.3, -0.25) is 9.59 Å². The van der Waals surface area contributed by atoms with E-state index in [1.807, 2.05) is 25.1 Å². The highest BCUT2D eigenvalue weighted by molar-refractivity contribution is 9.10. The fourth-order valence-electron chi connectivity index (χ4n) is 2.75. The van der Waals surface area contributed by atoms with Crippen molar-refractivity contribution < 1.29 is 19.1 Å². The summed E-state index contributed by atoms with van der Waals surface area (Å²) in [6.07, 6.45) is 1.48. The maximum Gasteiger partial charge on any atom is 0.271 e. The van der Waals surface area contributed by atoms with Gasteiger partial charge in [0.1, 0.15) is 0 Å². The van der Waals surface area contributed by atoms with Crippen molar-refractivity contribution in [1.29, 1.82) is 0 Å². The normalized spacial score (nSPS) is 10.6. The summed E-state index contributed by atoms with van der Waals surface area (Å²) in [5.74, 6) is 0.162. The predicted molar refractivity (Wildman–Crippen MR) is 132 cm³/mol. The number of hydrazone groups is 1. The summed E-state index contributed by atoms with van der Waals surface area (Å²) in [6, 6.07) is 19.0. The third kappa shape index (κ3) is 7.34. The average Bonchev–Trinajstić information content (AvgIpc) is 2.80. The minimum Gasteiger partial charge on any atom is -0.490 e. The Morgan fingerprint density at radius 1 is 1.06 bits per heavy atom. The van der Waals surface area contributed by atoms with Gasteiger partial charge in [-0.15, -0.1) is 0 Å². The van der Waals surface area contributed by atoms with Crippen molar-refractivity contribution in [3.63, 3.8) is 0 Å². The molecule has 0 atom stereocenters. The minimum absolute atomic E-state index is 0.196. The van der Waals surface area contributed by atoms with Crippen molar-refractivity contribution in [2.45, 2.75) is 6.92 Å². The molecule has 0 aromatic heterocycles. The van der Waals surface area contributed by atoms with E-state index in [0.717, 1.165) is 0 Å². The van der Waals surface area contributed by atoms with Crippen LogP contribution in [-0.2, 0) is 4.79 Å². The first kappa shape index (κ1) is 24.3. The predicted octanol–water partition coefficient (Wildman–Crippen LogP) is 5.28. The van der Waals surface area contributed by atoms with Gasteiger partial charge in [0.15, 0.2) is 18.1 Å². The molecule has 0 radical (unpaired) electrons. The molecule has 0 saturated carbocycles. The lowest BCUT2D eigenvalue weighted by Gasteiger charge is -2.14. The molecule has 0 unspecified atom stereocenters. The first-order chi connectivity index (χ1) is 16.0. The number of hydrogen-bond donors (Lipinski definition) is 2. The van der Waals surface area contributed by atoms with Crippen LogP contribution in [0.1, 0.15) is 22.8 Å². The number of rotatable bonds is 9. The number of ether oxygens (including phenoxy) is 2. The van der Waals surface area contributed by atoms with E-state index in [1.54, 1.807) is 48.5 Å². The van der Waals surface area contributed by atoms with Crippen molar-refractivity contribution in [3.8, 4) is 11.5 Å². The zero-order chi connectivity index (χ0) is 23.6. The van der Waals surface area contributed by atoms with Gasteiger partial charge in [-0.25, -0.2) is 5.43 Å². The number of carbonyl (C=O) groups excluding carboxylic acids is 2. The molecule has 9 heteroatoms. The molecule has 2 amide bonds. The van der Waals surface area contributed by atoms with E-state index in [9.17, 15) is 9.59 Å². The number of para-hydroxylation sites is 1. The number of carbonyl (C=O) groups is 2. The van der Waals surface area contributed by atoms with Crippen molar-refractivity contribution in [2.75, 3.05) is 18.5 Å². The lowest BCUT2D eigenvalue weighted by molar-refractivity contribution is -0.118. The number of nitrogens with zero attached hydrogens (tertiary/aromatic N) is 1. The Morgan fingerprint density at radius 2 is 1.79 bits per heavy atom. The molecule has 0 spiro atoms. The Kier molecular flexibility index (Phi) is 8.86. The molecule has 7 nitrogen and oxygen atoms in total. The summed E-state index contributed by atoms with van der Waals surface area (Å²) < 4.78 is 12.0. The van der Waals surface area contributed by atoms with E-state index in [4.69, 9.17) is 21.1 Å². The molecule has 2 N–H and O–H groups in total. The van der Waals surface area contributed by atoms with Crippen molar-refractivity contribution >= 4 is 51.2 Å². The van der Waals surface area contributed by atoms with E-state index in [-0.39, 0.29) is 18.4 Å². The molecule has 170 valence electrons. The third-order valence-corrected chi connectivity index (χ3v) is 5.06. The van der Waals surface area contributed by atoms with Crippen LogP contribution < -0.4 is 20.2 Å². The monoisotopic (exact) mass is 529 g/mol. The molecule has 0 aliphatic carbocycles. The molecule has 0 saturated heterocycles. The molecule has 33 heavy (non-hydrogen) atoms. The van der Waals surface area contributed by atoms with Crippen LogP contribution in [0.25, 0.3) is 0 Å². The fraction of sp³-hybridized carbons (Fsp3) is 0.125. The smallest absolute Gasteiger partial charge is 0.271 e. The Bertz CT molecular complexity index is 1140. The number of anilines is 1. The molecule has 3 aromatic carbocycles. The largest absolute Gasteiger partial charge is 0.490 e. The van der Waals surface area contributed by atoms with E-state index in [2.05, 4.69) is 31.8 Å². The maximum atomic E-state index is 12.2. The SMILES string of the molecule is CCOc1cc(/C=N\NC(=O)c2ccc(Cl)cc2)cc(Br)c1OCC(=O)Nc1ccccc1. The zero-order valence-electron chi connectivity index (χ0n) is 17.7. The van der Waals surface area contributed by atoms with Crippen LogP contribution in [0.2, 0.25) is 5.02 Å². The third-order valence-electron chi connectivity index (χ3n) is 4.22. The van der Waals surface area contributed by atoms with E-state index < -0.39 is 0 Å². The highest BCUT2D eigenvalue weighted by atomic mass is 79.9. The number of benzene rings is 3. The minimum atomic E-state index is -0.364. The van der Waals surface area contributed by atoms with Gasteiger partial charge >= 0.3 is 0 Å². The van der Waals surface area contributed by atoms with Gasteiger partial charge in [0, 0.05) is 16.3 Å². The second-order valence-electron chi connectivity index (χ2n) is 6.67. The van der Waals surface area contributed by atoms with Crippen molar-refractivity contribution in [1.82, 2.24) is 5.43 Å². The molecule has 3 rings (SSSR count). The topological polar surface area (TPSA) is 89.0 Å². The first-order valence-corrected chi connectivity index (χ1v) is 11.2. The molecule has 0 aliphatic rings. The zero-order valence-corrected chi connectivity index (χ0v) is 20.0. The van der Waals surface area contributed by atoms with Crippen LogP contribution in [0.5, 0.6) is 11.5 Å². The molecule has 0 heterocycles. The highest BCUT2D eigenvalue weighted by Gasteiger charge is 2.14. The first-order valence-electron chi connectivity index (χ1n) is 9.99. The molecule has 0 fully saturated rings. The lowest BCUT2D eigenvalue weighted by atomic mass is 10.2.